The first-order chi connectivity index (χ1) is 10.6. The Morgan fingerprint density at radius 1 is 1.00 bits per heavy atom. The molecule has 0 bridgehead atoms. The summed E-state index contributed by atoms with van der Waals surface area (Å²) < 4.78 is 23.1. The number of carbonyl (C=O) groups excluding carboxylic acids is 1. The Labute approximate surface area is 128 Å². The molecule has 2 aromatic rings. The van der Waals surface area contributed by atoms with Gasteiger partial charge in [-0.25, -0.2) is 4.39 Å². The maximum Gasteiger partial charge on any atom is 0.243 e. The second-order valence-corrected chi connectivity index (χ2v) is 4.48. The molecule has 2 aromatic carbocycles. The Kier molecular flexibility index (Phi) is 5.19. The molecule has 0 aliphatic carbocycles. The maximum atomic E-state index is 12.8. The van der Waals surface area contributed by atoms with Gasteiger partial charge in [0.25, 0.3) is 0 Å². The lowest BCUT2D eigenvalue weighted by Gasteiger charge is -2.11. The minimum absolute atomic E-state index is 0.0762. The molecule has 0 atom stereocenters. The first-order valence-electron chi connectivity index (χ1n) is 6.63. The molecule has 0 radical (unpaired) electrons. The zero-order chi connectivity index (χ0) is 15.9. The van der Waals surface area contributed by atoms with Gasteiger partial charge in [-0.15, -0.1) is 0 Å². The number of methoxy groups -OCH3 is 2. The predicted octanol–water partition coefficient (Wildman–Crippen LogP) is 2.89. The van der Waals surface area contributed by atoms with Crippen LogP contribution in [0, 0.1) is 5.82 Å². The van der Waals surface area contributed by atoms with E-state index in [9.17, 15) is 9.18 Å². The summed E-state index contributed by atoms with van der Waals surface area (Å²) in [4.78, 5) is 11.8. The van der Waals surface area contributed by atoms with Crippen molar-refractivity contribution in [2.45, 2.75) is 0 Å². The second-order valence-electron chi connectivity index (χ2n) is 4.48. The van der Waals surface area contributed by atoms with Gasteiger partial charge in [-0.05, 0) is 36.4 Å². The first-order valence-corrected chi connectivity index (χ1v) is 6.63. The monoisotopic (exact) mass is 304 g/mol. The molecule has 0 fully saturated rings. The summed E-state index contributed by atoms with van der Waals surface area (Å²) in [7, 11) is 3.10. The summed E-state index contributed by atoms with van der Waals surface area (Å²) in [6.45, 7) is 0.0762. The summed E-state index contributed by atoms with van der Waals surface area (Å²) in [5.41, 5.74) is 1.27. The van der Waals surface area contributed by atoms with Crippen molar-refractivity contribution in [3.63, 3.8) is 0 Å². The molecule has 0 spiro atoms. The van der Waals surface area contributed by atoms with Crippen LogP contribution in [-0.4, -0.2) is 26.7 Å². The first kappa shape index (κ1) is 15.6. The van der Waals surface area contributed by atoms with Gasteiger partial charge in [0, 0.05) is 17.4 Å². The summed E-state index contributed by atoms with van der Waals surface area (Å²) >= 11 is 0. The largest absolute Gasteiger partial charge is 0.493 e. The van der Waals surface area contributed by atoms with Crippen molar-refractivity contribution >= 4 is 17.3 Å². The molecule has 0 aliphatic rings. The number of amides is 1. The lowest BCUT2D eigenvalue weighted by atomic mass is 10.2. The minimum atomic E-state index is -0.346. The third kappa shape index (κ3) is 4.12. The van der Waals surface area contributed by atoms with Crippen molar-refractivity contribution in [3.05, 3.63) is 48.3 Å². The van der Waals surface area contributed by atoms with Crippen molar-refractivity contribution in [3.8, 4) is 11.5 Å². The number of nitrogens with one attached hydrogen (secondary N) is 2. The lowest BCUT2D eigenvalue weighted by molar-refractivity contribution is -0.114. The van der Waals surface area contributed by atoms with E-state index in [1.165, 1.54) is 24.3 Å². The molecular formula is C16H17FN2O3. The molecule has 0 saturated heterocycles. The van der Waals surface area contributed by atoms with E-state index in [4.69, 9.17) is 9.47 Å². The van der Waals surface area contributed by atoms with Crippen LogP contribution in [-0.2, 0) is 4.79 Å². The Bertz CT molecular complexity index is 644. The zero-order valence-electron chi connectivity index (χ0n) is 12.4. The third-order valence-electron chi connectivity index (χ3n) is 2.96. The Morgan fingerprint density at radius 3 is 2.27 bits per heavy atom. The Morgan fingerprint density at radius 2 is 1.64 bits per heavy atom. The summed E-state index contributed by atoms with van der Waals surface area (Å²) in [6.07, 6.45) is 0. The molecule has 22 heavy (non-hydrogen) atoms. The smallest absolute Gasteiger partial charge is 0.243 e. The molecule has 0 aliphatic heterocycles. The highest BCUT2D eigenvalue weighted by molar-refractivity contribution is 5.93. The normalized spacial score (nSPS) is 9.95. The highest BCUT2D eigenvalue weighted by Crippen LogP contribution is 2.29. The molecule has 0 heterocycles. The standard InChI is InChI=1S/C16H17FN2O3/c1-21-14-8-7-13(9-15(14)22-2)18-10-16(20)19-12-5-3-11(17)4-6-12/h3-9,18H,10H2,1-2H3,(H,19,20). The molecular weight excluding hydrogens is 287 g/mol. The van der Waals surface area contributed by atoms with Gasteiger partial charge in [0.1, 0.15) is 5.82 Å². The van der Waals surface area contributed by atoms with Gasteiger partial charge in [0.2, 0.25) is 5.91 Å². The predicted molar refractivity (Wildman–Crippen MR) is 83.1 cm³/mol. The van der Waals surface area contributed by atoms with Crippen LogP contribution in [0.5, 0.6) is 11.5 Å². The summed E-state index contributed by atoms with van der Waals surface area (Å²) in [5, 5.41) is 5.65. The van der Waals surface area contributed by atoms with Gasteiger partial charge in [-0.2, -0.15) is 0 Å². The second kappa shape index (κ2) is 7.31. The van der Waals surface area contributed by atoms with Gasteiger partial charge in [-0.1, -0.05) is 0 Å². The van der Waals surface area contributed by atoms with Crippen LogP contribution in [0.1, 0.15) is 0 Å². The van der Waals surface area contributed by atoms with Crippen molar-refractivity contribution in [2.24, 2.45) is 0 Å². The fourth-order valence-electron chi connectivity index (χ4n) is 1.87. The maximum absolute atomic E-state index is 12.8. The van der Waals surface area contributed by atoms with Crippen LogP contribution in [0.4, 0.5) is 15.8 Å². The number of rotatable bonds is 6. The molecule has 116 valence electrons. The van der Waals surface area contributed by atoms with Crippen LogP contribution in [0.15, 0.2) is 42.5 Å². The molecule has 5 nitrogen and oxygen atoms in total. The Balaban J connectivity index is 1.92. The molecule has 1 amide bonds. The van der Waals surface area contributed by atoms with E-state index in [1.807, 2.05) is 0 Å². The number of ether oxygens (including phenoxy) is 2. The van der Waals surface area contributed by atoms with Crippen molar-refractivity contribution < 1.29 is 18.7 Å². The Hall–Kier alpha value is -2.76. The van der Waals surface area contributed by atoms with Gasteiger partial charge in [0.05, 0.1) is 20.8 Å². The van der Waals surface area contributed by atoms with Gasteiger partial charge in [0.15, 0.2) is 11.5 Å². The van der Waals surface area contributed by atoms with Crippen molar-refractivity contribution in [1.29, 1.82) is 0 Å². The number of hydrogen-bond acceptors (Lipinski definition) is 4. The van der Waals surface area contributed by atoms with E-state index in [0.717, 1.165) is 5.69 Å². The van der Waals surface area contributed by atoms with E-state index in [0.29, 0.717) is 17.2 Å². The fraction of sp³-hybridized carbons (Fsp3) is 0.188. The molecule has 6 heteroatoms. The highest BCUT2D eigenvalue weighted by Gasteiger charge is 2.06. The topological polar surface area (TPSA) is 59.6 Å². The fourth-order valence-corrected chi connectivity index (χ4v) is 1.87. The number of benzene rings is 2. The molecule has 2 rings (SSSR count). The number of hydrogen-bond donors (Lipinski definition) is 2. The van der Waals surface area contributed by atoms with Crippen LogP contribution in [0.25, 0.3) is 0 Å². The number of halogens is 1. The zero-order valence-corrected chi connectivity index (χ0v) is 12.4. The van der Waals surface area contributed by atoms with Gasteiger partial charge < -0.3 is 20.1 Å². The minimum Gasteiger partial charge on any atom is -0.493 e. The van der Waals surface area contributed by atoms with E-state index in [-0.39, 0.29) is 18.3 Å². The lowest BCUT2D eigenvalue weighted by Crippen LogP contribution is -2.21. The molecule has 0 unspecified atom stereocenters. The summed E-state index contributed by atoms with van der Waals surface area (Å²) in [5.74, 6) is 0.609. The number of anilines is 2. The van der Waals surface area contributed by atoms with E-state index in [2.05, 4.69) is 10.6 Å². The average molecular weight is 304 g/mol. The van der Waals surface area contributed by atoms with Crippen molar-refractivity contribution in [2.75, 3.05) is 31.4 Å². The van der Waals surface area contributed by atoms with Gasteiger partial charge in [-0.3, -0.25) is 4.79 Å². The van der Waals surface area contributed by atoms with Crippen LogP contribution >= 0.6 is 0 Å². The van der Waals surface area contributed by atoms with Gasteiger partial charge >= 0.3 is 0 Å². The molecule has 2 N–H and O–H groups in total. The quantitative estimate of drug-likeness (QED) is 0.861. The van der Waals surface area contributed by atoms with Crippen LogP contribution in [0.3, 0.4) is 0 Å². The van der Waals surface area contributed by atoms with E-state index < -0.39 is 0 Å². The third-order valence-corrected chi connectivity index (χ3v) is 2.96. The highest BCUT2D eigenvalue weighted by atomic mass is 19.1. The molecule has 0 aromatic heterocycles. The van der Waals surface area contributed by atoms with E-state index in [1.54, 1.807) is 32.4 Å². The van der Waals surface area contributed by atoms with Crippen LogP contribution < -0.4 is 20.1 Å². The van der Waals surface area contributed by atoms with Crippen molar-refractivity contribution in [1.82, 2.24) is 0 Å². The van der Waals surface area contributed by atoms with E-state index >= 15 is 0 Å². The number of carbonyl (C=O) groups is 1. The average Bonchev–Trinajstić information content (AvgIpc) is 2.54. The molecule has 0 saturated carbocycles. The SMILES string of the molecule is COc1ccc(NCC(=O)Nc2ccc(F)cc2)cc1OC. The van der Waals surface area contributed by atoms with Crippen LogP contribution in [0.2, 0.25) is 0 Å². The summed E-state index contributed by atoms with van der Waals surface area (Å²) in [6, 6.07) is 10.9.